The lowest BCUT2D eigenvalue weighted by Crippen LogP contribution is -2.21. The highest BCUT2D eigenvalue weighted by molar-refractivity contribution is 5.51. The largest absolute Gasteiger partial charge is 0.497 e. The molecule has 0 bridgehead atoms. The fourth-order valence-electron chi connectivity index (χ4n) is 2.85. The summed E-state index contributed by atoms with van der Waals surface area (Å²) in [6.07, 6.45) is 0.992. The predicted octanol–water partition coefficient (Wildman–Crippen LogP) is 2.69. The average molecular weight is 239 g/mol. The van der Waals surface area contributed by atoms with E-state index in [9.17, 15) is 0 Å². The van der Waals surface area contributed by atoms with Crippen LogP contribution in [-0.4, -0.2) is 13.7 Å². The van der Waals surface area contributed by atoms with E-state index in [1.54, 1.807) is 7.11 Å². The highest BCUT2D eigenvalue weighted by Gasteiger charge is 2.24. The van der Waals surface area contributed by atoms with Crippen LogP contribution >= 0.6 is 0 Å². The minimum atomic E-state index is 0.292. The first-order chi connectivity index (χ1) is 8.83. The SMILES string of the molecule is COc1ccc2c(c1)[C@H](CN)c1ccccc1C2. The molecule has 0 spiro atoms. The summed E-state index contributed by atoms with van der Waals surface area (Å²) in [5.41, 5.74) is 11.4. The molecule has 2 aromatic carbocycles. The van der Waals surface area contributed by atoms with Gasteiger partial charge in [0.1, 0.15) is 5.75 Å². The van der Waals surface area contributed by atoms with Crippen molar-refractivity contribution in [3.05, 3.63) is 64.7 Å². The van der Waals surface area contributed by atoms with E-state index in [0.29, 0.717) is 12.5 Å². The Bertz CT molecular complexity index is 577. The molecular formula is C16H17NO. The lowest BCUT2D eigenvalue weighted by molar-refractivity contribution is 0.413. The Labute approximate surface area is 107 Å². The summed E-state index contributed by atoms with van der Waals surface area (Å²) in [4.78, 5) is 0. The number of nitrogens with two attached hydrogens (primary N) is 1. The zero-order valence-electron chi connectivity index (χ0n) is 10.5. The Hall–Kier alpha value is -1.80. The van der Waals surface area contributed by atoms with Crippen molar-refractivity contribution in [3.63, 3.8) is 0 Å². The minimum Gasteiger partial charge on any atom is -0.497 e. The first-order valence-electron chi connectivity index (χ1n) is 6.28. The first kappa shape index (κ1) is 11.3. The lowest BCUT2D eigenvalue weighted by Gasteiger charge is -2.28. The number of hydrogen-bond acceptors (Lipinski definition) is 2. The van der Waals surface area contributed by atoms with Crippen molar-refractivity contribution in [2.75, 3.05) is 13.7 Å². The summed E-state index contributed by atoms with van der Waals surface area (Å²) < 4.78 is 5.32. The van der Waals surface area contributed by atoms with E-state index in [1.807, 2.05) is 6.07 Å². The van der Waals surface area contributed by atoms with Crippen LogP contribution in [0, 0.1) is 0 Å². The molecule has 0 fully saturated rings. The summed E-state index contributed by atoms with van der Waals surface area (Å²) in [6, 6.07) is 14.9. The first-order valence-corrected chi connectivity index (χ1v) is 6.28. The molecule has 2 N–H and O–H groups in total. The number of ether oxygens (including phenoxy) is 1. The number of hydrogen-bond donors (Lipinski definition) is 1. The van der Waals surface area contributed by atoms with Gasteiger partial charge in [0.05, 0.1) is 7.11 Å². The van der Waals surface area contributed by atoms with Crippen LogP contribution < -0.4 is 10.5 Å². The second kappa shape index (κ2) is 4.46. The van der Waals surface area contributed by atoms with E-state index in [1.165, 1.54) is 22.3 Å². The molecule has 2 nitrogen and oxygen atoms in total. The fourth-order valence-corrected chi connectivity index (χ4v) is 2.85. The monoisotopic (exact) mass is 239 g/mol. The number of benzene rings is 2. The number of fused-ring (bicyclic) bond motifs is 2. The smallest absolute Gasteiger partial charge is 0.119 e. The Morgan fingerprint density at radius 1 is 1.11 bits per heavy atom. The van der Waals surface area contributed by atoms with Crippen molar-refractivity contribution in [3.8, 4) is 5.75 Å². The molecule has 1 aliphatic rings. The molecule has 0 aliphatic heterocycles. The third kappa shape index (κ3) is 1.70. The molecule has 92 valence electrons. The molecule has 0 heterocycles. The van der Waals surface area contributed by atoms with Crippen LogP contribution in [-0.2, 0) is 6.42 Å². The van der Waals surface area contributed by atoms with E-state index in [4.69, 9.17) is 10.5 Å². The van der Waals surface area contributed by atoms with Crippen LogP contribution in [0.2, 0.25) is 0 Å². The topological polar surface area (TPSA) is 35.2 Å². The molecule has 1 aliphatic carbocycles. The number of methoxy groups -OCH3 is 1. The standard InChI is InChI=1S/C16H17NO/c1-18-13-7-6-12-8-11-4-2-3-5-14(11)16(10-17)15(12)9-13/h2-7,9,16H,8,10,17H2,1H3/t16-/m1/s1. The highest BCUT2D eigenvalue weighted by Crippen LogP contribution is 2.37. The molecule has 18 heavy (non-hydrogen) atoms. The van der Waals surface area contributed by atoms with Gasteiger partial charge >= 0.3 is 0 Å². The van der Waals surface area contributed by atoms with Gasteiger partial charge in [-0.3, -0.25) is 0 Å². The quantitative estimate of drug-likeness (QED) is 0.874. The maximum absolute atomic E-state index is 5.98. The van der Waals surface area contributed by atoms with Crippen LogP contribution in [0.15, 0.2) is 42.5 Å². The Morgan fingerprint density at radius 3 is 2.67 bits per heavy atom. The van der Waals surface area contributed by atoms with E-state index in [0.717, 1.165) is 12.2 Å². The maximum atomic E-state index is 5.98. The van der Waals surface area contributed by atoms with Crippen molar-refractivity contribution in [1.29, 1.82) is 0 Å². The summed E-state index contributed by atoms with van der Waals surface area (Å²) in [5.74, 6) is 1.20. The van der Waals surface area contributed by atoms with Gasteiger partial charge in [0.2, 0.25) is 0 Å². The molecule has 0 radical (unpaired) electrons. The third-order valence-corrected chi connectivity index (χ3v) is 3.78. The summed E-state index contributed by atoms with van der Waals surface area (Å²) in [6.45, 7) is 0.636. The van der Waals surface area contributed by atoms with Gasteiger partial charge in [-0.15, -0.1) is 0 Å². The summed E-state index contributed by atoms with van der Waals surface area (Å²) in [7, 11) is 1.70. The van der Waals surface area contributed by atoms with Gasteiger partial charge in [-0.1, -0.05) is 30.3 Å². The summed E-state index contributed by atoms with van der Waals surface area (Å²) >= 11 is 0. The van der Waals surface area contributed by atoms with Crippen LogP contribution in [0.3, 0.4) is 0 Å². The lowest BCUT2D eigenvalue weighted by atomic mass is 9.78. The van der Waals surface area contributed by atoms with Crippen LogP contribution in [0.4, 0.5) is 0 Å². The molecule has 0 aromatic heterocycles. The zero-order chi connectivity index (χ0) is 12.5. The molecule has 2 aromatic rings. The van der Waals surface area contributed by atoms with Crippen LogP contribution in [0.25, 0.3) is 0 Å². The molecule has 0 saturated carbocycles. The van der Waals surface area contributed by atoms with Gasteiger partial charge in [-0.25, -0.2) is 0 Å². The molecule has 2 heteroatoms. The number of rotatable bonds is 2. The van der Waals surface area contributed by atoms with E-state index < -0.39 is 0 Å². The molecular weight excluding hydrogens is 222 g/mol. The van der Waals surface area contributed by atoms with Crippen molar-refractivity contribution >= 4 is 0 Å². The van der Waals surface area contributed by atoms with Crippen molar-refractivity contribution in [1.82, 2.24) is 0 Å². The van der Waals surface area contributed by atoms with E-state index in [-0.39, 0.29) is 0 Å². The molecule has 1 atom stereocenters. The second-order valence-corrected chi connectivity index (χ2v) is 4.73. The maximum Gasteiger partial charge on any atom is 0.119 e. The predicted molar refractivity (Wildman–Crippen MR) is 73.1 cm³/mol. The van der Waals surface area contributed by atoms with Crippen molar-refractivity contribution in [2.45, 2.75) is 12.3 Å². The average Bonchev–Trinajstić information content (AvgIpc) is 2.44. The van der Waals surface area contributed by atoms with Crippen molar-refractivity contribution in [2.24, 2.45) is 5.73 Å². The van der Waals surface area contributed by atoms with Gasteiger partial charge in [0.15, 0.2) is 0 Å². The minimum absolute atomic E-state index is 0.292. The van der Waals surface area contributed by atoms with Gasteiger partial charge in [0.25, 0.3) is 0 Å². The van der Waals surface area contributed by atoms with Crippen LogP contribution in [0.5, 0.6) is 5.75 Å². The molecule has 0 saturated heterocycles. The van der Waals surface area contributed by atoms with Gasteiger partial charge in [-0.2, -0.15) is 0 Å². The normalized spacial score (nSPS) is 16.9. The van der Waals surface area contributed by atoms with Gasteiger partial charge < -0.3 is 10.5 Å². The fraction of sp³-hybridized carbons (Fsp3) is 0.250. The highest BCUT2D eigenvalue weighted by atomic mass is 16.5. The van der Waals surface area contributed by atoms with E-state index >= 15 is 0 Å². The van der Waals surface area contributed by atoms with Gasteiger partial charge in [-0.05, 0) is 40.8 Å². The second-order valence-electron chi connectivity index (χ2n) is 4.73. The molecule has 0 amide bonds. The third-order valence-electron chi connectivity index (χ3n) is 3.78. The summed E-state index contributed by atoms with van der Waals surface area (Å²) in [5, 5.41) is 0. The molecule has 0 unspecified atom stereocenters. The van der Waals surface area contributed by atoms with Gasteiger partial charge in [0, 0.05) is 12.5 Å². The Kier molecular flexibility index (Phi) is 2.80. The Balaban J connectivity index is 2.15. The Morgan fingerprint density at radius 2 is 1.89 bits per heavy atom. The van der Waals surface area contributed by atoms with E-state index in [2.05, 4.69) is 36.4 Å². The zero-order valence-corrected chi connectivity index (χ0v) is 10.5. The van der Waals surface area contributed by atoms with Crippen molar-refractivity contribution < 1.29 is 4.74 Å². The van der Waals surface area contributed by atoms with Crippen LogP contribution in [0.1, 0.15) is 28.2 Å². The molecule has 3 rings (SSSR count).